The van der Waals surface area contributed by atoms with Gasteiger partial charge in [0.25, 0.3) is 0 Å². The van der Waals surface area contributed by atoms with E-state index in [-0.39, 0.29) is 5.41 Å². The van der Waals surface area contributed by atoms with Gasteiger partial charge in [-0.1, -0.05) is 11.6 Å². The van der Waals surface area contributed by atoms with Gasteiger partial charge in [-0.25, -0.2) is 9.19 Å². The molecule has 1 unspecified atom stereocenters. The van der Waals surface area contributed by atoms with Gasteiger partial charge in [-0.05, 0) is 51.3 Å². The number of rotatable bonds is 4. The topological polar surface area (TPSA) is 77.0 Å². The zero-order valence-electron chi connectivity index (χ0n) is 15.8. The third kappa shape index (κ3) is 3.41. The first-order valence-electron chi connectivity index (χ1n) is 9.35. The number of anilines is 1. The second-order valence-corrected chi connectivity index (χ2v) is 10.5. The number of halogens is 1. The molecular weight excluding hydrogens is 382 g/mol. The van der Waals surface area contributed by atoms with E-state index in [0.717, 1.165) is 44.6 Å². The Morgan fingerprint density at radius 3 is 2.70 bits per heavy atom. The Hall–Kier alpha value is -1.44. The molecule has 0 radical (unpaired) electrons. The van der Waals surface area contributed by atoms with Crippen molar-refractivity contribution >= 4 is 28.3 Å². The highest BCUT2D eigenvalue weighted by Gasteiger charge is 2.50. The Bertz CT molecular complexity index is 842. The Morgan fingerprint density at radius 2 is 2.07 bits per heavy atom. The number of hydrogen-bond donors (Lipinski definition) is 1. The lowest BCUT2D eigenvalue weighted by Crippen LogP contribution is -2.45. The molecule has 0 aromatic carbocycles. The second-order valence-electron chi connectivity index (χ2n) is 8.42. The van der Waals surface area contributed by atoms with Crippen molar-refractivity contribution in [2.75, 3.05) is 18.0 Å². The molecule has 1 saturated heterocycles. The van der Waals surface area contributed by atoms with Crippen molar-refractivity contribution in [1.82, 2.24) is 14.8 Å². The SMILES string of the molecule is CC(C)(C[C@@H]1c2ccnn2CC12CCN(c1ccc(Cl)nc1)CC2)S(N)=O. The van der Waals surface area contributed by atoms with E-state index in [1.165, 1.54) is 5.69 Å². The number of piperidine rings is 1. The molecular formula is C19H26ClN5OS. The summed E-state index contributed by atoms with van der Waals surface area (Å²) in [6, 6.07) is 5.99. The maximum absolute atomic E-state index is 12.1. The lowest BCUT2D eigenvalue weighted by molar-refractivity contribution is 0.156. The molecule has 8 heteroatoms. The number of nitrogens with two attached hydrogens (primary N) is 1. The maximum Gasteiger partial charge on any atom is 0.129 e. The first-order chi connectivity index (χ1) is 12.8. The van der Waals surface area contributed by atoms with Crippen LogP contribution in [0, 0.1) is 5.41 Å². The van der Waals surface area contributed by atoms with E-state index in [4.69, 9.17) is 16.7 Å². The molecule has 0 saturated carbocycles. The quantitative estimate of drug-likeness (QED) is 0.790. The van der Waals surface area contributed by atoms with Gasteiger partial charge >= 0.3 is 0 Å². The van der Waals surface area contributed by atoms with Gasteiger partial charge in [0.05, 0.1) is 27.6 Å². The van der Waals surface area contributed by atoms with Gasteiger partial charge in [0, 0.05) is 42.9 Å². The Balaban J connectivity index is 1.56. The summed E-state index contributed by atoms with van der Waals surface area (Å²) in [5.74, 6) is 0.327. The summed E-state index contributed by atoms with van der Waals surface area (Å²) in [4.78, 5) is 6.59. The number of fused-ring (bicyclic) bond motifs is 1. The number of aromatic nitrogens is 3. The van der Waals surface area contributed by atoms with E-state index in [1.807, 2.05) is 38.4 Å². The third-order valence-corrected chi connectivity index (χ3v) is 7.87. The van der Waals surface area contributed by atoms with Crippen LogP contribution in [-0.2, 0) is 17.5 Å². The fraction of sp³-hybridized carbons (Fsp3) is 0.579. The first kappa shape index (κ1) is 18.9. The fourth-order valence-electron chi connectivity index (χ4n) is 4.66. The number of hydrogen-bond acceptors (Lipinski definition) is 4. The summed E-state index contributed by atoms with van der Waals surface area (Å²) in [6.07, 6.45) is 6.66. The molecule has 2 aromatic heterocycles. The summed E-state index contributed by atoms with van der Waals surface area (Å²) >= 11 is 5.92. The Labute approximate surface area is 167 Å². The Morgan fingerprint density at radius 1 is 1.33 bits per heavy atom. The van der Waals surface area contributed by atoms with Crippen molar-refractivity contribution in [3.8, 4) is 0 Å². The predicted octanol–water partition coefficient (Wildman–Crippen LogP) is 3.11. The summed E-state index contributed by atoms with van der Waals surface area (Å²) in [5.41, 5.74) is 2.52. The molecule has 27 heavy (non-hydrogen) atoms. The van der Waals surface area contributed by atoms with Crippen LogP contribution >= 0.6 is 11.6 Å². The zero-order chi connectivity index (χ0) is 19.2. The van der Waals surface area contributed by atoms with Crippen molar-refractivity contribution in [3.63, 3.8) is 0 Å². The summed E-state index contributed by atoms with van der Waals surface area (Å²) < 4.78 is 13.8. The Kier molecular flexibility index (Phi) is 4.81. The van der Waals surface area contributed by atoms with Crippen molar-refractivity contribution < 1.29 is 4.21 Å². The van der Waals surface area contributed by atoms with Crippen LogP contribution < -0.4 is 10.0 Å². The highest BCUT2D eigenvalue weighted by Crippen LogP contribution is 2.54. The minimum atomic E-state index is -1.36. The first-order valence-corrected chi connectivity index (χ1v) is 10.9. The van der Waals surface area contributed by atoms with E-state index >= 15 is 0 Å². The van der Waals surface area contributed by atoms with Crippen LogP contribution in [0.5, 0.6) is 0 Å². The standard InChI is InChI=1S/C19H26ClN5OS/c1-18(2,27(21)26)11-15-16-5-8-23-25(16)13-19(15)6-9-24(10-7-19)14-3-4-17(20)22-12-14/h3-5,8,12,15H,6-7,9-11,13,21H2,1-2H3/t15-,27?/m1/s1. The van der Waals surface area contributed by atoms with E-state index in [0.29, 0.717) is 11.1 Å². The molecule has 2 aliphatic rings. The van der Waals surface area contributed by atoms with Gasteiger partial charge in [0.2, 0.25) is 0 Å². The van der Waals surface area contributed by atoms with Crippen molar-refractivity contribution in [3.05, 3.63) is 41.4 Å². The average Bonchev–Trinajstić information content (AvgIpc) is 3.18. The highest BCUT2D eigenvalue weighted by atomic mass is 35.5. The lowest BCUT2D eigenvalue weighted by Gasteiger charge is -2.44. The van der Waals surface area contributed by atoms with Crippen molar-refractivity contribution in [1.29, 1.82) is 0 Å². The fourth-order valence-corrected chi connectivity index (χ4v) is 5.10. The van der Waals surface area contributed by atoms with Gasteiger partial charge in [0.15, 0.2) is 0 Å². The largest absolute Gasteiger partial charge is 0.370 e. The van der Waals surface area contributed by atoms with Crippen LogP contribution in [0.4, 0.5) is 5.69 Å². The molecule has 2 atom stereocenters. The molecule has 0 bridgehead atoms. The molecule has 0 aliphatic carbocycles. The number of pyridine rings is 1. The molecule has 1 fully saturated rings. The van der Waals surface area contributed by atoms with Gasteiger partial charge in [-0.2, -0.15) is 5.10 Å². The molecule has 2 N–H and O–H groups in total. The van der Waals surface area contributed by atoms with Crippen molar-refractivity contribution in [2.24, 2.45) is 10.6 Å². The van der Waals surface area contributed by atoms with Gasteiger partial charge in [0.1, 0.15) is 5.15 Å². The summed E-state index contributed by atoms with van der Waals surface area (Å²) in [7, 11) is -1.36. The van der Waals surface area contributed by atoms with Crippen LogP contribution in [0.25, 0.3) is 0 Å². The van der Waals surface area contributed by atoms with E-state index in [2.05, 4.69) is 25.7 Å². The summed E-state index contributed by atoms with van der Waals surface area (Å²) in [6.45, 7) is 6.88. The van der Waals surface area contributed by atoms with Crippen LogP contribution in [0.15, 0.2) is 30.6 Å². The summed E-state index contributed by atoms with van der Waals surface area (Å²) in [5, 5.41) is 10.8. The number of nitrogens with zero attached hydrogens (tertiary/aromatic N) is 4. The smallest absolute Gasteiger partial charge is 0.129 e. The van der Waals surface area contributed by atoms with E-state index in [9.17, 15) is 4.21 Å². The van der Waals surface area contributed by atoms with Gasteiger partial charge < -0.3 is 4.90 Å². The minimum absolute atomic E-state index is 0.149. The minimum Gasteiger partial charge on any atom is -0.370 e. The molecule has 4 rings (SSSR count). The van der Waals surface area contributed by atoms with Crippen LogP contribution in [0.2, 0.25) is 5.15 Å². The predicted molar refractivity (Wildman–Crippen MR) is 109 cm³/mol. The monoisotopic (exact) mass is 407 g/mol. The highest BCUT2D eigenvalue weighted by molar-refractivity contribution is 7.84. The molecule has 1 spiro atoms. The normalized spacial score (nSPS) is 22.8. The van der Waals surface area contributed by atoms with Crippen molar-refractivity contribution in [2.45, 2.75) is 50.3 Å². The maximum atomic E-state index is 12.1. The third-order valence-electron chi connectivity index (χ3n) is 6.39. The lowest BCUT2D eigenvalue weighted by atomic mass is 9.67. The second kappa shape index (κ2) is 6.87. The average molecular weight is 408 g/mol. The van der Waals surface area contributed by atoms with E-state index < -0.39 is 15.7 Å². The van der Waals surface area contributed by atoms with Crippen LogP contribution in [0.3, 0.4) is 0 Å². The molecule has 2 aliphatic heterocycles. The van der Waals surface area contributed by atoms with E-state index in [1.54, 1.807) is 0 Å². The van der Waals surface area contributed by atoms with Crippen LogP contribution in [-0.4, -0.2) is 36.8 Å². The zero-order valence-corrected chi connectivity index (χ0v) is 17.3. The van der Waals surface area contributed by atoms with Gasteiger partial charge in [-0.15, -0.1) is 0 Å². The molecule has 0 amide bonds. The molecule has 6 nitrogen and oxygen atoms in total. The van der Waals surface area contributed by atoms with Gasteiger partial charge in [-0.3, -0.25) is 9.82 Å². The van der Waals surface area contributed by atoms with Crippen LogP contribution in [0.1, 0.15) is 44.7 Å². The molecule has 4 heterocycles. The molecule has 146 valence electrons. The molecule has 2 aromatic rings.